The normalized spacial score (nSPS) is 9.08. The molecule has 0 heterocycles. The molecule has 0 aromatic heterocycles. The van der Waals surface area contributed by atoms with Crippen LogP contribution in [0.1, 0.15) is 40.0 Å². The lowest BCUT2D eigenvalue weighted by molar-refractivity contribution is -0.141. The largest absolute Gasteiger partial charge is 0.466 e. The van der Waals surface area contributed by atoms with E-state index in [2.05, 4.69) is 11.7 Å². The SMILES string of the molecule is CCC(O)O.CCCCOC(C)=O. The number of hydrogen-bond acceptors (Lipinski definition) is 4. The van der Waals surface area contributed by atoms with E-state index in [1.807, 2.05) is 0 Å². The Hall–Kier alpha value is -0.610. The number of aliphatic hydroxyl groups excluding tert-OH is 1. The number of unbranched alkanes of at least 4 members (excludes halogenated alkanes) is 1. The Morgan fingerprint density at radius 1 is 1.38 bits per heavy atom. The molecule has 0 fully saturated rings. The van der Waals surface area contributed by atoms with Crippen LogP contribution in [0, 0.1) is 0 Å². The minimum absolute atomic E-state index is 0.182. The third-order valence-corrected chi connectivity index (χ3v) is 1.17. The van der Waals surface area contributed by atoms with E-state index in [0.717, 1.165) is 12.8 Å². The first-order valence-electron chi connectivity index (χ1n) is 4.54. The van der Waals surface area contributed by atoms with Crippen molar-refractivity contribution in [1.82, 2.24) is 0 Å². The van der Waals surface area contributed by atoms with Gasteiger partial charge in [0.05, 0.1) is 6.61 Å². The van der Waals surface area contributed by atoms with Crippen LogP contribution in [0.25, 0.3) is 0 Å². The average molecular weight is 192 g/mol. The molecule has 13 heavy (non-hydrogen) atoms. The van der Waals surface area contributed by atoms with E-state index in [1.165, 1.54) is 6.92 Å². The second-order valence-corrected chi connectivity index (χ2v) is 2.58. The van der Waals surface area contributed by atoms with Crippen molar-refractivity contribution in [2.75, 3.05) is 6.61 Å². The molecule has 0 saturated carbocycles. The van der Waals surface area contributed by atoms with Crippen molar-refractivity contribution in [3.8, 4) is 0 Å². The molecule has 0 aliphatic rings. The quantitative estimate of drug-likeness (QED) is 0.397. The van der Waals surface area contributed by atoms with Crippen molar-refractivity contribution in [2.24, 2.45) is 0 Å². The Morgan fingerprint density at radius 2 is 1.85 bits per heavy atom. The summed E-state index contributed by atoms with van der Waals surface area (Å²) in [7, 11) is 0. The Morgan fingerprint density at radius 3 is 2.08 bits per heavy atom. The number of rotatable bonds is 4. The molecule has 0 radical (unpaired) electrons. The second-order valence-electron chi connectivity index (χ2n) is 2.58. The van der Waals surface area contributed by atoms with Gasteiger partial charge in [-0.25, -0.2) is 0 Å². The average Bonchev–Trinajstić information content (AvgIpc) is 2.05. The zero-order chi connectivity index (χ0) is 10.7. The second kappa shape index (κ2) is 11.4. The van der Waals surface area contributed by atoms with Crippen LogP contribution >= 0.6 is 0 Å². The highest BCUT2D eigenvalue weighted by molar-refractivity contribution is 5.65. The molecule has 0 unspecified atom stereocenters. The molecule has 0 aromatic rings. The molecule has 0 bridgehead atoms. The number of hydrogen-bond donors (Lipinski definition) is 2. The highest BCUT2D eigenvalue weighted by Gasteiger charge is 1.88. The molecule has 0 atom stereocenters. The Balaban J connectivity index is 0. The standard InChI is InChI=1S/C6H12O2.C3H8O2/c1-3-4-5-8-6(2)7;1-2-3(4)5/h3-5H2,1-2H3;3-5H,2H2,1H3. The predicted molar refractivity (Wildman–Crippen MR) is 50.1 cm³/mol. The van der Waals surface area contributed by atoms with Gasteiger partial charge in [0.1, 0.15) is 0 Å². The molecule has 0 aliphatic heterocycles. The summed E-state index contributed by atoms with van der Waals surface area (Å²) in [5, 5.41) is 15.8. The number of carbonyl (C=O) groups excluding carboxylic acids is 1. The smallest absolute Gasteiger partial charge is 0.302 e. The minimum atomic E-state index is -1.12. The van der Waals surface area contributed by atoms with Crippen molar-refractivity contribution < 1.29 is 19.7 Å². The van der Waals surface area contributed by atoms with Crippen LogP contribution in [-0.4, -0.2) is 29.1 Å². The molecule has 0 spiro atoms. The van der Waals surface area contributed by atoms with E-state index in [1.54, 1.807) is 6.92 Å². The molecule has 0 saturated heterocycles. The van der Waals surface area contributed by atoms with Gasteiger partial charge in [0.15, 0.2) is 6.29 Å². The first kappa shape index (κ1) is 14.9. The van der Waals surface area contributed by atoms with Crippen LogP contribution < -0.4 is 0 Å². The van der Waals surface area contributed by atoms with Crippen LogP contribution in [0.3, 0.4) is 0 Å². The highest BCUT2D eigenvalue weighted by Crippen LogP contribution is 1.86. The van der Waals surface area contributed by atoms with Gasteiger partial charge >= 0.3 is 5.97 Å². The van der Waals surface area contributed by atoms with E-state index in [4.69, 9.17) is 10.2 Å². The van der Waals surface area contributed by atoms with Gasteiger partial charge in [-0.3, -0.25) is 4.79 Å². The molecule has 0 aliphatic carbocycles. The van der Waals surface area contributed by atoms with Gasteiger partial charge in [0.2, 0.25) is 0 Å². The van der Waals surface area contributed by atoms with Crippen LogP contribution in [-0.2, 0) is 9.53 Å². The summed E-state index contributed by atoms with van der Waals surface area (Å²) in [6, 6.07) is 0. The molecule has 0 aromatic carbocycles. The van der Waals surface area contributed by atoms with E-state index in [9.17, 15) is 4.79 Å². The van der Waals surface area contributed by atoms with E-state index >= 15 is 0 Å². The number of aliphatic hydroxyl groups is 2. The van der Waals surface area contributed by atoms with Gasteiger partial charge in [-0.15, -0.1) is 0 Å². The van der Waals surface area contributed by atoms with Crippen LogP contribution in [0.15, 0.2) is 0 Å². The molecular weight excluding hydrogens is 172 g/mol. The summed E-state index contributed by atoms with van der Waals surface area (Å²) < 4.78 is 4.64. The molecule has 2 N–H and O–H groups in total. The molecule has 4 nitrogen and oxygen atoms in total. The van der Waals surface area contributed by atoms with Crippen molar-refractivity contribution in [3.05, 3.63) is 0 Å². The summed E-state index contributed by atoms with van der Waals surface area (Å²) in [5.74, 6) is -0.182. The fraction of sp³-hybridized carbons (Fsp3) is 0.889. The van der Waals surface area contributed by atoms with Gasteiger partial charge in [-0.05, 0) is 12.8 Å². The van der Waals surface area contributed by atoms with E-state index < -0.39 is 6.29 Å². The Bertz CT molecular complexity index is 112. The summed E-state index contributed by atoms with van der Waals surface area (Å²) in [5.41, 5.74) is 0. The van der Waals surface area contributed by atoms with E-state index in [-0.39, 0.29) is 5.97 Å². The maximum Gasteiger partial charge on any atom is 0.302 e. The summed E-state index contributed by atoms with van der Waals surface area (Å²) >= 11 is 0. The Kier molecular flexibility index (Phi) is 13.0. The number of esters is 1. The van der Waals surface area contributed by atoms with Gasteiger partial charge in [0, 0.05) is 6.92 Å². The zero-order valence-corrected chi connectivity index (χ0v) is 8.62. The van der Waals surface area contributed by atoms with Gasteiger partial charge in [-0.2, -0.15) is 0 Å². The fourth-order valence-corrected chi connectivity index (χ4v) is 0.360. The monoisotopic (exact) mass is 192 g/mol. The molecule has 0 amide bonds. The van der Waals surface area contributed by atoms with Crippen molar-refractivity contribution >= 4 is 5.97 Å². The minimum Gasteiger partial charge on any atom is -0.466 e. The maximum atomic E-state index is 10.1. The van der Waals surface area contributed by atoms with Crippen molar-refractivity contribution in [2.45, 2.75) is 46.3 Å². The molecule has 80 valence electrons. The number of carbonyl (C=O) groups is 1. The predicted octanol–water partition coefficient (Wildman–Crippen LogP) is 1.06. The van der Waals surface area contributed by atoms with Crippen LogP contribution in [0.2, 0.25) is 0 Å². The van der Waals surface area contributed by atoms with Crippen molar-refractivity contribution in [3.63, 3.8) is 0 Å². The summed E-state index contributed by atoms with van der Waals surface area (Å²) in [6.45, 7) is 5.76. The van der Waals surface area contributed by atoms with Gasteiger partial charge in [0.25, 0.3) is 0 Å². The lowest BCUT2D eigenvalue weighted by Crippen LogP contribution is -1.99. The van der Waals surface area contributed by atoms with Gasteiger partial charge < -0.3 is 14.9 Å². The van der Waals surface area contributed by atoms with Gasteiger partial charge in [-0.1, -0.05) is 20.3 Å². The molecule has 4 heteroatoms. The van der Waals surface area contributed by atoms with Crippen LogP contribution in [0.5, 0.6) is 0 Å². The Labute approximate surface area is 79.5 Å². The number of ether oxygens (including phenoxy) is 1. The zero-order valence-electron chi connectivity index (χ0n) is 8.62. The molecule has 0 rings (SSSR count). The maximum absolute atomic E-state index is 10.1. The topological polar surface area (TPSA) is 66.8 Å². The third-order valence-electron chi connectivity index (χ3n) is 1.17. The fourth-order valence-electron chi connectivity index (χ4n) is 0.360. The summed E-state index contributed by atoms with van der Waals surface area (Å²) in [6.07, 6.45) is 1.35. The third kappa shape index (κ3) is 24.6. The highest BCUT2D eigenvalue weighted by atomic mass is 16.5. The van der Waals surface area contributed by atoms with E-state index in [0.29, 0.717) is 13.0 Å². The lowest BCUT2D eigenvalue weighted by Gasteiger charge is -1.96. The summed E-state index contributed by atoms with van der Waals surface area (Å²) in [4.78, 5) is 10.1. The first-order valence-corrected chi connectivity index (χ1v) is 4.54. The van der Waals surface area contributed by atoms with Crippen LogP contribution in [0.4, 0.5) is 0 Å². The van der Waals surface area contributed by atoms with Crippen molar-refractivity contribution in [1.29, 1.82) is 0 Å². The first-order chi connectivity index (χ1) is 6.04. The lowest BCUT2D eigenvalue weighted by atomic mass is 10.4. The molecular formula is C9H20O4.